The average Bonchev–Trinajstić information content (AvgIpc) is 3.23. The van der Waals surface area contributed by atoms with E-state index >= 15 is 0 Å². The lowest BCUT2D eigenvalue weighted by Gasteiger charge is -2.14. The van der Waals surface area contributed by atoms with Crippen LogP contribution in [0.4, 0.5) is 17.6 Å². The smallest absolute Gasteiger partial charge is 0.228 e. The highest BCUT2D eigenvalue weighted by Gasteiger charge is 2.36. The molecule has 148 valence electrons. The third-order valence-electron chi connectivity index (χ3n) is 4.58. The molecule has 5 rings (SSSR count). The molecule has 5 aromatic rings. The fraction of sp³-hybridized carbons (Fsp3) is 0.0500. The van der Waals surface area contributed by atoms with E-state index in [1.54, 1.807) is 30.3 Å². The largest absolute Gasteiger partial charge is 0.417 e. The summed E-state index contributed by atoms with van der Waals surface area (Å²) in [6, 6.07) is 14.8. The summed E-state index contributed by atoms with van der Waals surface area (Å²) in [4.78, 5) is 8.68. The molecule has 0 aliphatic heterocycles. The summed E-state index contributed by atoms with van der Waals surface area (Å²) in [5, 5.41) is 10.8. The lowest BCUT2D eigenvalue weighted by atomic mass is 10.1. The Morgan fingerprint density at radius 3 is 2.27 bits per heavy atom. The third-order valence-corrected chi connectivity index (χ3v) is 4.58. The van der Waals surface area contributed by atoms with E-state index in [2.05, 4.69) is 25.5 Å². The van der Waals surface area contributed by atoms with E-state index < -0.39 is 17.6 Å². The fourth-order valence-corrected chi connectivity index (χ4v) is 3.23. The Balaban J connectivity index is 1.89. The molecule has 0 saturated heterocycles. The second-order valence-corrected chi connectivity index (χ2v) is 6.47. The number of nitrogens with zero attached hydrogens (tertiary/aromatic N) is 6. The summed E-state index contributed by atoms with van der Waals surface area (Å²) in [6.07, 6.45) is -4.68. The van der Waals surface area contributed by atoms with Crippen LogP contribution in [0.1, 0.15) is 5.56 Å². The molecular formula is C20H10F4N6. The molecular weight excluding hydrogens is 400 g/mol. The maximum Gasteiger partial charge on any atom is 0.417 e. The molecule has 0 saturated carbocycles. The van der Waals surface area contributed by atoms with Crippen LogP contribution < -0.4 is 0 Å². The molecule has 10 heteroatoms. The molecule has 0 aliphatic carbocycles. The summed E-state index contributed by atoms with van der Waals surface area (Å²) in [5.74, 6) is -0.315. The number of pyridine rings is 1. The van der Waals surface area contributed by atoms with Crippen molar-refractivity contribution < 1.29 is 17.6 Å². The van der Waals surface area contributed by atoms with Crippen molar-refractivity contribution in [2.24, 2.45) is 0 Å². The number of benzene rings is 2. The standard InChI is InChI=1S/C20H10F4N6/c21-13-8-6-12(7-9-13)18-26-17-16(19-27-28-29-30(18)19)14(20(22,23)24)10-15(25-17)11-4-2-1-3-5-11/h1-10H. The summed E-state index contributed by atoms with van der Waals surface area (Å²) < 4.78 is 56.2. The first-order chi connectivity index (χ1) is 14.4. The molecule has 2 aromatic carbocycles. The van der Waals surface area contributed by atoms with E-state index in [0.717, 1.165) is 10.6 Å². The molecule has 0 bridgehead atoms. The maximum absolute atomic E-state index is 13.9. The Morgan fingerprint density at radius 2 is 1.57 bits per heavy atom. The lowest BCUT2D eigenvalue weighted by Crippen LogP contribution is -2.10. The van der Waals surface area contributed by atoms with Gasteiger partial charge < -0.3 is 0 Å². The van der Waals surface area contributed by atoms with Crippen molar-refractivity contribution in [2.45, 2.75) is 6.18 Å². The minimum absolute atomic E-state index is 0.116. The zero-order valence-electron chi connectivity index (χ0n) is 15.0. The molecule has 0 amide bonds. The fourth-order valence-electron chi connectivity index (χ4n) is 3.23. The monoisotopic (exact) mass is 410 g/mol. The Hall–Kier alpha value is -3.95. The highest BCUT2D eigenvalue weighted by molar-refractivity contribution is 5.95. The van der Waals surface area contributed by atoms with Crippen LogP contribution in [0.25, 0.3) is 39.3 Å². The average molecular weight is 410 g/mol. The van der Waals surface area contributed by atoms with Crippen molar-refractivity contribution in [3.8, 4) is 22.6 Å². The highest BCUT2D eigenvalue weighted by Crippen LogP contribution is 2.38. The summed E-state index contributed by atoms with van der Waals surface area (Å²) in [5.41, 5.74) is -0.191. The number of aromatic nitrogens is 6. The zero-order valence-corrected chi connectivity index (χ0v) is 15.0. The molecule has 0 N–H and O–H groups in total. The maximum atomic E-state index is 13.9. The van der Waals surface area contributed by atoms with Crippen molar-refractivity contribution in [1.29, 1.82) is 0 Å². The van der Waals surface area contributed by atoms with Gasteiger partial charge in [0.15, 0.2) is 17.1 Å². The minimum Gasteiger partial charge on any atom is -0.228 e. The van der Waals surface area contributed by atoms with Crippen LogP contribution in [0.5, 0.6) is 0 Å². The van der Waals surface area contributed by atoms with Gasteiger partial charge in [0.05, 0.1) is 16.6 Å². The van der Waals surface area contributed by atoms with Gasteiger partial charge in [0, 0.05) is 11.1 Å². The molecule has 0 atom stereocenters. The van der Waals surface area contributed by atoms with Gasteiger partial charge in [0.2, 0.25) is 0 Å². The van der Waals surface area contributed by atoms with Crippen molar-refractivity contribution >= 4 is 16.7 Å². The van der Waals surface area contributed by atoms with Crippen LogP contribution >= 0.6 is 0 Å². The van der Waals surface area contributed by atoms with Gasteiger partial charge in [-0.05, 0) is 40.8 Å². The quantitative estimate of drug-likeness (QED) is 0.399. The van der Waals surface area contributed by atoms with Gasteiger partial charge in [0.1, 0.15) is 5.82 Å². The molecule has 0 unspecified atom stereocenters. The highest BCUT2D eigenvalue weighted by atomic mass is 19.4. The van der Waals surface area contributed by atoms with E-state index in [1.165, 1.54) is 24.3 Å². The Kier molecular flexibility index (Phi) is 3.95. The number of hydrogen-bond donors (Lipinski definition) is 0. The topological polar surface area (TPSA) is 68.9 Å². The number of hydrogen-bond acceptors (Lipinski definition) is 5. The van der Waals surface area contributed by atoms with Gasteiger partial charge >= 0.3 is 6.18 Å². The predicted octanol–water partition coefficient (Wildman–Crippen LogP) is 4.56. The van der Waals surface area contributed by atoms with Crippen LogP contribution in [-0.2, 0) is 6.18 Å². The Labute approximate surface area is 165 Å². The van der Waals surface area contributed by atoms with E-state index in [4.69, 9.17) is 0 Å². The number of tetrazole rings is 1. The van der Waals surface area contributed by atoms with Crippen LogP contribution in [0.15, 0.2) is 60.7 Å². The molecule has 0 radical (unpaired) electrons. The van der Waals surface area contributed by atoms with Gasteiger partial charge in [-0.15, -0.1) is 5.10 Å². The molecule has 0 spiro atoms. The Morgan fingerprint density at radius 1 is 0.833 bits per heavy atom. The van der Waals surface area contributed by atoms with Crippen molar-refractivity contribution in [1.82, 2.24) is 30.0 Å². The minimum atomic E-state index is -4.68. The normalized spacial score (nSPS) is 12.0. The van der Waals surface area contributed by atoms with Crippen LogP contribution in [0.2, 0.25) is 0 Å². The first kappa shape index (κ1) is 18.1. The number of halogens is 4. The number of alkyl halides is 3. The molecule has 0 fully saturated rings. The van der Waals surface area contributed by atoms with Crippen molar-refractivity contribution in [3.63, 3.8) is 0 Å². The Bertz CT molecular complexity index is 1380. The first-order valence-corrected chi connectivity index (χ1v) is 8.73. The molecule has 3 heterocycles. The second kappa shape index (κ2) is 6.55. The molecule has 6 nitrogen and oxygen atoms in total. The van der Waals surface area contributed by atoms with Gasteiger partial charge in [-0.25, -0.2) is 14.4 Å². The lowest BCUT2D eigenvalue weighted by molar-refractivity contribution is -0.136. The van der Waals surface area contributed by atoms with Crippen LogP contribution in [0.3, 0.4) is 0 Å². The van der Waals surface area contributed by atoms with Crippen LogP contribution in [0, 0.1) is 5.82 Å². The second-order valence-electron chi connectivity index (χ2n) is 6.47. The SMILES string of the molecule is Fc1ccc(-c2nc3nc(-c4ccccc4)cc(C(F)(F)F)c3c3nnnn23)cc1. The van der Waals surface area contributed by atoms with E-state index in [1.807, 2.05) is 0 Å². The summed E-state index contributed by atoms with van der Waals surface area (Å²) in [6.45, 7) is 0. The third kappa shape index (κ3) is 2.93. The predicted molar refractivity (Wildman–Crippen MR) is 99.7 cm³/mol. The molecule has 30 heavy (non-hydrogen) atoms. The van der Waals surface area contributed by atoms with Crippen LogP contribution in [-0.4, -0.2) is 30.0 Å². The van der Waals surface area contributed by atoms with E-state index in [0.29, 0.717) is 11.1 Å². The number of fused-ring (bicyclic) bond motifs is 3. The first-order valence-electron chi connectivity index (χ1n) is 8.73. The van der Waals surface area contributed by atoms with Gasteiger partial charge in [-0.3, -0.25) is 0 Å². The van der Waals surface area contributed by atoms with Gasteiger partial charge in [-0.1, -0.05) is 30.3 Å². The van der Waals surface area contributed by atoms with Gasteiger partial charge in [0.25, 0.3) is 0 Å². The van der Waals surface area contributed by atoms with E-state index in [-0.39, 0.29) is 28.2 Å². The zero-order chi connectivity index (χ0) is 20.9. The van der Waals surface area contributed by atoms with Gasteiger partial charge in [-0.2, -0.15) is 17.7 Å². The number of rotatable bonds is 2. The van der Waals surface area contributed by atoms with Crippen molar-refractivity contribution in [2.75, 3.05) is 0 Å². The summed E-state index contributed by atoms with van der Waals surface area (Å²) in [7, 11) is 0. The molecule has 3 aromatic heterocycles. The van der Waals surface area contributed by atoms with Crippen molar-refractivity contribution in [3.05, 3.63) is 72.0 Å². The summed E-state index contributed by atoms with van der Waals surface area (Å²) >= 11 is 0. The molecule has 0 aliphatic rings. The van der Waals surface area contributed by atoms with E-state index in [9.17, 15) is 17.6 Å².